The normalized spacial score (nSPS) is 11.4. The number of sulfonamides is 1. The summed E-state index contributed by atoms with van der Waals surface area (Å²) in [6.07, 6.45) is 0.685. The Labute approximate surface area is 162 Å². The van der Waals surface area contributed by atoms with E-state index < -0.39 is 46.3 Å². The number of hydrogen-bond acceptors (Lipinski definition) is 5. The maximum Gasteiger partial charge on any atom is 0.387 e. The van der Waals surface area contributed by atoms with E-state index in [0.717, 1.165) is 12.1 Å². The molecule has 6 nitrogen and oxygen atoms in total. The molecule has 1 amide bonds. The van der Waals surface area contributed by atoms with Gasteiger partial charge >= 0.3 is 6.61 Å². The molecule has 0 unspecified atom stereocenters. The van der Waals surface area contributed by atoms with Crippen LogP contribution in [0.5, 0.6) is 11.5 Å². The third kappa shape index (κ3) is 5.99. The van der Waals surface area contributed by atoms with Crippen molar-refractivity contribution in [2.75, 3.05) is 6.26 Å². The van der Waals surface area contributed by atoms with Crippen LogP contribution in [0.3, 0.4) is 0 Å². The van der Waals surface area contributed by atoms with Gasteiger partial charge in [-0.05, 0) is 24.3 Å². The van der Waals surface area contributed by atoms with Crippen LogP contribution < -0.4 is 14.2 Å². The Bertz CT molecular complexity index is 1000. The van der Waals surface area contributed by atoms with Crippen LogP contribution in [0, 0.1) is 11.6 Å². The molecule has 0 aliphatic rings. The van der Waals surface area contributed by atoms with Gasteiger partial charge in [0.2, 0.25) is 10.0 Å². The lowest BCUT2D eigenvalue weighted by atomic mass is 10.1. The van der Waals surface area contributed by atoms with Gasteiger partial charge in [0.15, 0.2) is 0 Å². The van der Waals surface area contributed by atoms with Crippen molar-refractivity contribution in [2.24, 2.45) is 0 Å². The molecule has 0 atom stereocenters. The Morgan fingerprint density at radius 2 is 1.86 bits per heavy atom. The highest BCUT2D eigenvalue weighted by Gasteiger charge is 2.19. The molecule has 0 radical (unpaired) electrons. The predicted molar refractivity (Wildman–Crippen MR) is 91.1 cm³/mol. The molecule has 0 bridgehead atoms. The van der Waals surface area contributed by atoms with Crippen molar-refractivity contribution in [1.29, 1.82) is 0 Å². The lowest BCUT2D eigenvalue weighted by Gasteiger charge is -2.11. The summed E-state index contributed by atoms with van der Waals surface area (Å²) < 4.78 is 85.4. The molecule has 152 valence electrons. The average Bonchev–Trinajstić information content (AvgIpc) is 2.55. The van der Waals surface area contributed by atoms with Crippen LogP contribution in [0.4, 0.5) is 17.6 Å². The van der Waals surface area contributed by atoms with Gasteiger partial charge < -0.3 is 9.47 Å². The van der Waals surface area contributed by atoms with E-state index in [0.29, 0.717) is 18.4 Å². The smallest absolute Gasteiger partial charge is 0.387 e. The number of carbonyl (C=O) groups is 1. The first-order valence-corrected chi connectivity index (χ1v) is 9.60. The highest BCUT2D eigenvalue weighted by atomic mass is 35.5. The zero-order valence-corrected chi connectivity index (χ0v) is 15.6. The molecule has 2 aromatic carbocycles. The van der Waals surface area contributed by atoms with E-state index in [-0.39, 0.29) is 22.1 Å². The largest absolute Gasteiger partial charge is 0.489 e. The van der Waals surface area contributed by atoms with Crippen LogP contribution in [0.1, 0.15) is 15.9 Å². The first kappa shape index (κ1) is 21.8. The van der Waals surface area contributed by atoms with Crippen LogP contribution in [0.25, 0.3) is 0 Å². The number of carbonyl (C=O) groups excluding carboxylic acids is 1. The third-order valence-corrected chi connectivity index (χ3v) is 4.02. The van der Waals surface area contributed by atoms with E-state index in [4.69, 9.17) is 16.3 Å². The van der Waals surface area contributed by atoms with E-state index in [1.54, 1.807) is 0 Å². The SMILES string of the molecule is CS(=O)(=O)NC(=O)c1cc(F)c(COc2ccc(OC(F)F)c(Cl)c2)cc1F. The van der Waals surface area contributed by atoms with Crippen molar-refractivity contribution < 1.29 is 40.2 Å². The van der Waals surface area contributed by atoms with Crippen molar-refractivity contribution >= 4 is 27.5 Å². The van der Waals surface area contributed by atoms with Gasteiger partial charge in [-0.15, -0.1) is 0 Å². The van der Waals surface area contributed by atoms with Crippen LogP contribution in [-0.4, -0.2) is 27.2 Å². The first-order chi connectivity index (χ1) is 13.0. The Kier molecular flexibility index (Phi) is 6.73. The van der Waals surface area contributed by atoms with E-state index in [1.165, 1.54) is 10.8 Å². The quantitative estimate of drug-likeness (QED) is 0.665. The van der Waals surface area contributed by atoms with Crippen molar-refractivity contribution in [3.63, 3.8) is 0 Å². The van der Waals surface area contributed by atoms with Crippen LogP contribution in [0.15, 0.2) is 30.3 Å². The minimum absolute atomic E-state index is 0.0605. The molecule has 0 aromatic heterocycles. The first-order valence-electron chi connectivity index (χ1n) is 7.33. The summed E-state index contributed by atoms with van der Waals surface area (Å²) in [4.78, 5) is 11.7. The second-order valence-corrected chi connectivity index (χ2v) is 7.54. The Hall–Kier alpha value is -2.53. The van der Waals surface area contributed by atoms with Crippen molar-refractivity contribution in [1.82, 2.24) is 4.72 Å². The summed E-state index contributed by atoms with van der Waals surface area (Å²) in [5, 5.41) is -0.183. The number of ether oxygens (including phenoxy) is 2. The predicted octanol–water partition coefficient (Wildman–Crippen LogP) is 3.49. The minimum atomic E-state index is -3.96. The summed E-state index contributed by atoms with van der Waals surface area (Å²) in [5.41, 5.74) is -1.08. The second-order valence-electron chi connectivity index (χ2n) is 5.39. The van der Waals surface area contributed by atoms with Gasteiger partial charge in [0, 0.05) is 11.6 Å². The van der Waals surface area contributed by atoms with Crippen molar-refractivity contribution in [3.05, 3.63) is 58.1 Å². The summed E-state index contributed by atoms with van der Waals surface area (Å²) in [6, 6.07) is 4.68. The van der Waals surface area contributed by atoms with Gasteiger partial charge in [-0.1, -0.05) is 11.6 Å². The van der Waals surface area contributed by atoms with Crippen LogP contribution in [-0.2, 0) is 16.6 Å². The number of hydrogen-bond donors (Lipinski definition) is 1. The Balaban J connectivity index is 2.14. The molecule has 0 saturated carbocycles. The summed E-state index contributed by atoms with van der Waals surface area (Å²) in [5.74, 6) is -3.75. The van der Waals surface area contributed by atoms with Gasteiger partial charge in [0.05, 0.1) is 16.8 Å². The molecule has 0 aliphatic heterocycles. The van der Waals surface area contributed by atoms with E-state index >= 15 is 0 Å². The maximum atomic E-state index is 14.1. The van der Waals surface area contributed by atoms with Crippen LogP contribution >= 0.6 is 11.6 Å². The Morgan fingerprint density at radius 1 is 1.18 bits per heavy atom. The lowest BCUT2D eigenvalue weighted by Crippen LogP contribution is -2.30. The molecule has 2 rings (SSSR count). The zero-order valence-electron chi connectivity index (χ0n) is 14.0. The molecule has 1 N–H and O–H groups in total. The molecule has 0 saturated heterocycles. The fraction of sp³-hybridized carbons (Fsp3) is 0.188. The molecule has 0 fully saturated rings. The minimum Gasteiger partial charge on any atom is -0.489 e. The Morgan fingerprint density at radius 3 is 2.43 bits per heavy atom. The molecule has 0 heterocycles. The third-order valence-electron chi connectivity index (χ3n) is 3.17. The number of amides is 1. The van der Waals surface area contributed by atoms with E-state index in [2.05, 4.69) is 4.74 Å². The maximum absolute atomic E-state index is 14.1. The van der Waals surface area contributed by atoms with E-state index in [1.807, 2.05) is 0 Å². The van der Waals surface area contributed by atoms with Gasteiger partial charge in [-0.25, -0.2) is 21.9 Å². The molecule has 0 spiro atoms. The fourth-order valence-corrected chi connectivity index (χ4v) is 2.68. The highest BCUT2D eigenvalue weighted by molar-refractivity contribution is 7.89. The summed E-state index contributed by atoms with van der Waals surface area (Å²) in [6.45, 7) is -3.55. The monoisotopic (exact) mass is 441 g/mol. The second kappa shape index (κ2) is 8.65. The molecule has 28 heavy (non-hydrogen) atoms. The van der Waals surface area contributed by atoms with Crippen LogP contribution in [0.2, 0.25) is 5.02 Å². The summed E-state index contributed by atoms with van der Waals surface area (Å²) in [7, 11) is -3.96. The number of halogens is 5. The molecular formula is C16H12ClF4NO5S. The van der Waals surface area contributed by atoms with Gasteiger partial charge in [0.25, 0.3) is 5.91 Å². The zero-order chi connectivity index (χ0) is 21.1. The molecular weight excluding hydrogens is 430 g/mol. The standard InChI is InChI=1S/C16H12ClF4NO5S/c1-28(24,25)22-15(23)10-6-12(18)8(4-13(10)19)7-26-9-2-3-14(11(17)5-9)27-16(20)21/h2-6,16H,7H2,1H3,(H,22,23). The highest BCUT2D eigenvalue weighted by Crippen LogP contribution is 2.30. The molecule has 2 aromatic rings. The molecule has 0 aliphatic carbocycles. The number of benzene rings is 2. The van der Waals surface area contributed by atoms with Gasteiger partial charge in [-0.3, -0.25) is 4.79 Å². The number of rotatable bonds is 7. The fourth-order valence-electron chi connectivity index (χ4n) is 2.02. The molecule has 12 heteroatoms. The topological polar surface area (TPSA) is 81.7 Å². The van der Waals surface area contributed by atoms with Crippen molar-refractivity contribution in [2.45, 2.75) is 13.2 Å². The van der Waals surface area contributed by atoms with Gasteiger partial charge in [0.1, 0.15) is 29.7 Å². The van der Waals surface area contributed by atoms with Crippen molar-refractivity contribution in [3.8, 4) is 11.5 Å². The van der Waals surface area contributed by atoms with E-state index in [9.17, 15) is 30.8 Å². The number of nitrogens with one attached hydrogen (secondary N) is 1. The number of alkyl halides is 2. The summed E-state index contributed by atoms with van der Waals surface area (Å²) >= 11 is 5.75. The average molecular weight is 442 g/mol. The lowest BCUT2D eigenvalue weighted by molar-refractivity contribution is -0.0498. The van der Waals surface area contributed by atoms with Gasteiger partial charge in [-0.2, -0.15) is 8.78 Å².